The van der Waals surface area contributed by atoms with Gasteiger partial charge in [-0.1, -0.05) is 51.1 Å². The quantitative estimate of drug-likeness (QED) is 0.788. The molecule has 1 N–H and O–H groups in total. The topological polar surface area (TPSA) is 46.9 Å². The molecule has 0 aliphatic rings. The molecule has 0 aliphatic heterocycles. The number of carbonyl (C=O) groups excluding carboxylic acids is 1. The third-order valence-electron chi connectivity index (χ3n) is 4.65. The summed E-state index contributed by atoms with van der Waals surface area (Å²) in [6.45, 7) is 12.3. The molecule has 0 bridgehead atoms. The van der Waals surface area contributed by atoms with E-state index in [9.17, 15) is 4.79 Å². The lowest BCUT2D eigenvalue weighted by Crippen LogP contribution is -2.27. The van der Waals surface area contributed by atoms with Gasteiger partial charge in [0.1, 0.15) is 0 Å². The van der Waals surface area contributed by atoms with Crippen LogP contribution in [0, 0.1) is 19.8 Å². The fraction of sp³-hybridized carbons (Fsp3) is 0.524. The molecule has 4 heteroatoms. The third kappa shape index (κ3) is 5.45. The number of rotatable bonds is 8. The molecule has 136 valence electrons. The molecule has 1 atom stereocenters. The van der Waals surface area contributed by atoms with E-state index in [2.05, 4.69) is 54.9 Å². The summed E-state index contributed by atoms with van der Waals surface area (Å²) in [5, 5.41) is 7.69. The predicted octanol–water partition coefficient (Wildman–Crippen LogP) is 4.01. The normalized spacial score (nSPS) is 12.4. The highest BCUT2D eigenvalue weighted by molar-refractivity contribution is 5.76. The van der Waals surface area contributed by atoms with E-state index in [0.29, 0.717) is 24.8 Å². The van der Waals surface area contributed by atoms with Crippen molar-refractivity contribution in [2.45, 2.75) is 59.9 Å². The van der Waals surface area contributed by atoms with Crippen molar-refractivity contribution in [3.63, 3.8) is 0 Å². The van der Waals surface area contributed by atoms with E-state index < -0.39 is 0 Å². The van der Waals surface area contributed by atoms with Crippen LogP contribution in [0.25, 0.3) is 0 Å². The molecule has 0 spiro atoms. The van der Waals surface area contributed by atoms with Crippen LogP contribution in [0.1, 0.15) is 55.6 Å². The first-order chi connectivity index (χ1) is 11.9. The van der Waals surface area contributed by atoms with Crippen molar-refractivity contribution in [1.29, 1.82) is 0 Å². The van der Waals surface area contributed by atoms with E-state index in [-0.39, 0.29) is 5.91 Å². The van der Waals surface area contributed by atoms with E-state index in [0.717, 1.165) is 18.7 Å². The van der Waals surface area contributed by atoms with Crippen molar-refractivity contribution in [1.82, 2.24) is 15.1 Å². The molecular weight excluding hydrogens is 310 g/mol. The van der Waals surface area contributed by atoms with Crippen molar-refractivity contribution >= 4 is 5.91 Å². The molecule has 0 saturated heterocycles. The minimum atomic E-state index is 0.109. The Morgan fingerprint density at radius 1 is 1.16 bits per heavy atom. The van der Waals surface area contributed by atoms with Crippen LogP contribution in [-0.4, -0.2) is 22.2 Å². The number of nitrogens with zero attached hydrogens (tertiary/aromatic N) is 2. The minimum Gasteiger partial charge on any atom is -0.355 e. The summed E-state index contributed by atoms with van der Waals surface area (Å²) in [5.41, 5.74) is 4.71. The van der Waals surface area contributed by atoms with Crippen LogP contribution in [0.5, 0.6) is 0 Å². The van der Waals surface area contributed by atoms with Crippen LogP contribution in [0.3, 0.4) is 0 Å². The van der Waals surface area contributed by atoms with Gasteiger partial charge in [0.15, 0.2) is 0 Å². The second-order valence-electron chi connectivity index (χ2n) is 7.34. The fourth-order valence-corrected chi connectivity index (χ4v) is 3.11. The maximum atomic E-state index is 12.2. The second-order valence-corrected chi connectivity index (χ2v) is 7.34. The first-order valence-electron chi connectivity index (χ1n) is 9.23. The number of carbonyl (C=O) groups is 1. The number of benzene rings is 1. The molecule has 0 aliphatic carbocycles. The summed E-state index contributed by atoms with van der Waals surface area (Å²) < 4.78 is 2.07. The lowest BCUT2D eigenvalue weighted by molar-refractivity contribution is -0.121. The van der Waals surface area contributed by atoms with E-state index in [1.54, 1.807) is 0 Å². The lowest BCUT2D eigenvalue weighted by atomic mass is 10.0. The molecule has 2 rings (SSSR count). The molecule has 4 nitrogen and oxygen atoms in total. The van der Waals surface area contributed by atoms with Gasteiger partial charge in [-0.2, -0.15) is 5.10 Å². The first kappa shape index (κ1) is 19.2. The van der Waals surface area contributed by atoms with Gasteiger partial charge in [-0.15, -0.1) is 0 Å². The average Bonchev–Trinajstić information content (AvgIpc) is 2.84. The standard InChI is InChI=1S/C21H31N3O/c1-15(2)14-24-18(5)20(17(4)23-24)11-12-21(25)22-13-16(3)19-9-7-6-8-10-19/h6-10,15-16H,11-14H2,1-5H3,(H,22,25). The fourth-order valence-electron chi connectivity index (χ4n) is 3.11. The van der Waals surface area contributed by atoms with Gasteiger partial charge in [0.25, 0.3) is 0 Å². The Morgan fingerprint density at radius 3 is 2.48 bits per heavy atom. The number of aromatic nitrogens is 2. The maximum absolute atomic E-state index is 12.2. The van der Waals surface area contributed by atoms with Crippen LogP contribution < -0.4 is 5.32 Å². The van der Waals surface area contributed by atoms with Crippen molar-refractivity contribution in [2.24, 2.45) is 5.92 Å². The summed E-state index contributed by atoms with van der Waals surface area (Å²) >= 11 is 0. The summed E-state index contributed by atoms with van der Waals surface area (Å²) in [4.78, 5) is 12.2. The van der Waals surface area contributed by atoms with Crippen LogP contribution in [-0.2, 0) is 17.8 Å². The predicted molar refractivity (Wildman–Crippen MR) is 103 cm³/mol. The van der Waals surface area contributed by atoms with E-state index in [1.807, 2.05) is 25.1 Å². The highest BCUT2D eigenvalue weighted by Crippen LogP contribution is 2.17. The van der Waals surface area contributed by atoms with Gasteiger partial charge in [0.05, 0.1) is 5.69 Å². The minimum absolute atomic E-state index is 0.109. The number of nitrogens with one attached hydrogen (secondary N) is 1. The van der Waals surface area contributed by atoms with E-state index in [4.69, 9.17) is 0 Å². The number of amides is 1. The molecule has 1 aromatic carbocycles. The summed E-state index contributed by atoms with van der Waals surface area (Å²) in [6, 6.07) is 10.3. The first-order valence-corrected chi connectivity index (χ1v) is 9.23. The molecule has 1 heterocycles. The SMILES string of the molecule is Cc1nn(CC(C)C)c(C)c1CCC(=O)NCC(C)c1ccccc1. The van der Waals surface area contributed by atoms with Crippen LogP contribution >= 0.6 is 0 Å². The largest absolute Gasteiger partial charge is 0.355 e. The number of hydrogen-bond donors (Lipinski definition) is 1. The number of hydrogen-bond acceptors (Lipinski definition) is 2. The molecule has 0 saturated carbocycles. The third-order valence-corrected chi connectivity index (χ3v) is 4.65. The Morgan fingerprint density at radius 2 is 1.84 bits per heavy atom. The van der Waals surface area contributed by atoms with Gasteiger partial charge < -0.3 is 5.32 Å². The highest BCUT2D eigenvalue weighted by Gasteiger charge is 2.14. The monoisotopic (exact) mass is 341 g/mol. The Bertz CT molecular complexity index is 689. The molecule has 1 aromatic heterocycles. The van der Waals surface area contributed by atoms with Crippen LogP contribution in [0.15, 0.2) is 30.3 Å². The summed E-state index contributed by atoms with van der Waals surface area (Å²) in [7, 11) is 0. The van der Waals surface area contributed by atoms with Crippen molar-refractivity contribution in [2.75, 3.05) is 6.54 Å². The molecule has 0 radical (unpaired) electrons. The molecule has 1 amide bonds. The Kier molecular flexibility index (Phi) is 6.80. The lowest BCUT2D eigenvalue weighted by Gasteiger charge is -2.13. The zero-order valence-electron chi connectivity index (χ0n) is 16.2. The molecule has 1 unspecified atom stereocenters. The smallest absolute Gasteiger partial charge is 0.220 e. The average molecular weight is 341 g/mol. The van der Waals surface area contributed by atoms with Crippen molar-refractivity contribution < 1.29 is 4.79 Å². The van der Waals surface area contributed by atoms with Gasteiger partial charge in [-0.25, -0.2) is 0 Å². The van der Waals surface area contributed by atoms with Crippen LogP contribution in [0.4, 0.5) is 0 Å². The maximum Gasteiger partial charge on any atom is 0.220 e. The Hall–Kier alpha value is -2.10. The zero-order chi connectivity index (χ0) is 18.4. The van der Waals surface area contributed by atoms with Gasteiger partial charge in [-0.05, 0) is 43.2 Å². The number of aryl methyl sites for hydroxylation is 1. The van der Waals surface area contributed by atoms with Crippen molar-refractivity contribution in [3.8, 4) is 0 Å². The van der Waals surface area contributed by atoms with Gasteiger partial charge in [-0.3, -0.25) is 9.48 Å². The van der Waals surface area contributed by atoms with E-state index in [1.165, 1.54) is 16.8 Å². The molecular formula is C21H31N3O. The zero-order valence-corrected chi connectivity index (χ0v) is 16.2. The molecule has 0 fully saturated rings. The highest BCUT2D eigenvalue weighted by atomic mass is 16.1. The van der Waals surface area contributed by atoms with Crippen LogP contribution in [0.2, 0.25) is 0 Å². The summed E-state index contributed by atoms with van der Waals surface area (Å²) in [5.74, 6) is 0.995. The molecule has 25 heavy (non-hydrogen) atoms. The van der Waals surface area contributed by atoms with Gasteiger partial charge >= 0.3 is 0 Å². The van der Waals surface area contributed by atoms with E-state index >= 15 is 0 Å². The molecule has 2 aromatic rings. The van der Waals surface area contributed by atoms with Crippen molar-refractivity contribution in [3.05, 3.63) is 52.8 Å². The Balaban J connectivity index is 1.85. The Labute approximate surface area is 151 Å². The van der Waals surface area contributed by atoms with Gasteiger partial charge in [0.2, 0.25) is 5.91 Å². The summed E-state index contributed by atoms with van der Waals surface area (Å²) in [6.07, 6.45) is 1.26. The van der Waals surface area contributed by atoms with Gasteiger partial charge in [0, 0.05) is 25.2 Å². The second kappa shape index (κ2) is 8.84.